The maximum Gasteiger partial charge on any atom is 0.353 e. The third-order valence-corrected chi connectivity index (χ3v) is 12.0. The van der Waals surface area contributed by atoms with Crippen LogP contribution in [-0.2, 0) is 0 Å². The van der Waals surface area contributed by atoms with Gasteiger partial charge in [-0.05, 0) is 112 Å². The maximum atomic E-state index is 13.8. The van der Waals surface area contributed by atoms with Crippen molar-refractivity contribution in [2.24, 2.45) is 0 Å². The van der Waals surface area contributed by atoms with Crippen molar-refractivity contribution in [1.29, 1.82) is 0 Å². The van der Waals surface area contributed by atoms with Gasteiger partial charge in [0.1, 0.15) is 17.2 Å². The second-order valence-corrected chi connectivity index (χ2v) is 13.1. The molecule has 4 aromatic rings. The lowest BCUT2D eigenvalue weighted by atomic mass is 10.1. The minimum atomic E-state index is -0.838. The van der Waals surface area contributed by atoms with Crippen LogP contribution in [0, 0.1) is 0 Å². The minimum Gasteiger partial charge on any atom is -0.422 e. The van der Waals surface area contributed by atoms with Gasteiger partial charge in [0.15, 0.2) is 5.78 Å². The highest BCUT2D eigenvalue weighted by atomic mass is 79.9. The number of amides is 3. The first-order valence-electron chi connectivity index (χ1n) is 11.7. The van der Waals surface area contributed by atoms with Gasteiger partial charge in [0.2, 0.25) is 0 Å². The summed E-state index contributed by atoms with van der Waals surface area (Å²) in [6.45, 7) is -0.679. The summed E-state index contributed by atoms with van der Waals surface area (Å²) in [5.41, 5.74) is 0.138. The molecule has 0 saturated carbocycles. The normalized spacial score (nSPS) is 12.4. The highest BCUT2D eigenvalue weighted by Gasteiger charge is 2.46. The third-order valence-electron chi connectivity index (χ3n) is 6.06. The number of rotatable bonds is 7. The predicted octanol–water partition coefficient (Wildman–Crippen LogP) is 8.21. The van der Waals surface area contributed by atoms with Crippen molar-refractivity contribution >= 4 is 116 Å². The van der Waals surface area contributed by atoms with Gasteiger partial charge in [-0.25, -0.2) is 9.80 Å². The first kappa shape index (κ1) is 30.8. The first-order chi connectivity index (χ1) is 20.0. The van der Waals surface area contributed by atoms with Gasteiger partial charge in [-0.15, -0.1) is 11.3 Å². The average molecular weight is 861 g/mol. The molecule has 0 aliphatic carbocycles. The Kier molecular flexibility index (Phi) is 9.16. The van der Waals surface area contributed by atoms with Gasteiger partial charge in [0.05, 0.1) is 21.7 Å². The van der Waals surface area contributed by atoms with Crippen LogP contribution in [0.4, 0.5) is 0 Å². The molecule has 212 valence electrons. The van der Waals surface area contributed by atoms with E-state index in [9.17, 15) is 24.0 Å². The van der Waals surface area contributed by atoms with Crippen LogP contribution in [0.25, 0.3) is 0 Å². The molecule has 8 nitrogen and oxygen atoms in total. The van der Waals surface area contributed by atoms with E-state index in [0.717, 1.165) is 5.01 Å². The summed E-state index contributed by atoms with van der Waals surface area (Å²) in [6, 6.07) is 15.2. The van der Waals surface area contributed by atoms with E-state index in [1.54, 1.807) is 29.6 Å². The number of hydrazine groups is 1. The van der Waals surface area contributed by atoms with Gasteiger partial charge in [0.25, 0.3) is 17.7 Å². The van der Waals surface area contributed by atoms with Crippen LogP contribution in [0.5, 0.6) is 5.75 Å². The molecule has 2 heterocycles. The van der Waals surface area contributed by atoms with E-state index < -0.39 is 36.0 Å². The van der Waals surface area contributed by atoms with E-state index >= 15 is 0 Å². The molecule has 5 rings (SSSR count). The van der Waals surface area contributed by atoms with E-state index in [1.807, 2.05) is 0 Å². The van der Waals surface area contributed by atoms with Crippen LogP contribution in [0.3, 0.4) is 0 Å². The van der Waals surface area contributed by atoms with Crippen LogP contribution in [0.2, 0.25) is 5.02 Å². The zero-order valence-electron chi connectivity index (χ0n) is 20.7. The number of imide groups is 1. The number of ether oxygens (including phenoxy) is 1. The molecule has 1 aliphatic rings. The lowest BCUT2D eigenvalue weighted by Crippen LogP contribution is -2.51. The molecule has 0 unspecified atom stereocenters. The molecule has 3 amide bonds. The number of nitrogens with zero attached hydrogens (tertiary/aromatic N) is 2. The number of ketones is 1. The molecule has 3 aromatic carbocycles. The maximum absolute atomic E-state index is 13.8. The topological polar surface area (TPSA) is 101 Å². The monoisotopic (exact) mass is 856 g/mol. The summed E-state index contributed by atoms with van der Waals surface area (Å²) < 4.78 is 6.85. The summed E-state index contributed by atoms with van der Waals surface area (Å²) in [7, 11) is 0. The second kappa shape index (κ2) is 12.5. The van der Waals surface area contributed by atoms with Crippen molar-refractivity contribution in [3.8, 4) is 5.75 Å². The van der Waals surface area contributed by atoms with Gasteiger partial charge in [0, 0.05) is 23.5 Å². The molecule has 42 heavy (non-hydrogen) atoms. The molecule has 0 spiro atoms. The number of halogens is 5. The number of benzene rings is 3. The van der Waals surface area contributed by atoms with Crippen LogP contribution in [0.15, 0.2) is 83.9 Å². The Morgan fingerprint density at radius 1 is 0.810 bits per heavy atom. The van der Waals surface area contributed by atoms with Crippen LogP contribution >= 0.6 is 86.7 Å². The number of thiophene rings is 1. The predicted molar refractivity (Wildman–Crippen MR) is 170 cm³/mol. The lowest BCUT2D eigenvalue weighted by molar-refractivity contribution is 0.00527. The van der Waals surface area contributed by atoms with Gasteiger partial charge < -0.3 is 4.74 Å². The number of Topliss-reactive ketones (excluding diaryl/α,β-unsaturated/α-hetero) is 1. The summed E-state index contributed by atoms with van der Waals surface area (Å²) in [5.74, 6) is -3.40. The molecule has 14 heteroatoms. The number of hydrogen-bond donors (Lipinski definition) is 0. The van der Waals surface area contributed by atoms with Crippen LogP contribution in [-0.4, -0.2) is 46.0 Å². The first-order valence-corrected chi connectivity index (χ1v) is 16.1. The number of esters is 1. The lowest BCUT2D eigenvalue weighted by Gasteiger charge is -2.29. The molecule has 0 radical (unpaired) electrons. The van der Waals surface area contributed by atoms with E-state index in [1.165, 1.54) is 47.7 Å². The molecule has 0 atom stereocenters. The molecule has 0 N–H and O–H groups in total. The van der Waals surface area contributed by atoms with Crippen molar-refractivity contribution in [1.82, 2.24) is 10.0 Å². The Bertz CT molecular complexity index is 1750. The SMILES string of the molecule is O=C(CN(C(=O)c1ccccc1Cl)N1C(=O)c2c(Br)c(Br)c(Br)c(Br)c2C1=O)c1ccc(OC(=O)c2cccs2)cc1. The van der Waals surface area contributed by atoms with Gasteiger partial charge in [-0.3, -0.25) is 19.2 Å². The molecule has 1 aliphatic heterocycles. The van der Waals surface area contributed by atoms with Crippen molar-refractivity contribution < 1.29 is 28.7 Å². The highest BCUT2D eigenvalue weighted by Crippen LogP contribution is 2.45. The average Bonchev–Trinajstić information content (AvgIpc) is 3.61. The highest BCUT2D eigenvalue weighted by molar-refractivity contribution is 9.15. The third kappa shape index (κ3) is 5.65. The fourth-order valence-corrected chi connectivity index (χ4v) is 7.32. The fraction of sp³-hybridized carbons (Fsp3) is 0.0357. The quantitative estimate of drug-likeness (QED) is 0.0464. The Morgan fingerprint density at radius 2 is 1.40 bits per heavy atom. The van der Waals surface area contributed by atoms with E-state index in [2.05, 4.69) is 63.7 Å². The van der Waals surface area contributed by atoms with Gasteiger partial charge >= 0.3 is 5.97 Å². The Balaban J connectivity index is 1.48. The molecule has 0 bridgehead atoms. The minimum absolute atomic E-state index is 0.00303. The fourth-order valence-electron chi connectivity index (χ4n) is 4.05. The van der Waals surface area contributed by atoms with E-state index in [4.69, 9.17) is 16.3 Å². The molecular weight excluding hydrogens is 847 g/mol. The second-order valence-electron chi connectivity index (χ2n) is 8.59. The number of hydrogen-bond acceptors (Lipinski definition) is 7. The van der Waals surface area contributed by atoms with Crippen LogP contribution in [0.1, 0.15) is 51.1 Å². The molecule has 1 aromatic heterocycles. The zero-order valence-corrected chi connectivity index (χ0v) is 28.6. The zero-order chi connectivity index (χ0) is 30.3. The summed E-state index contributed by atoms with van der Waals surface area (Å²) >= 11 is 21.0. The molecular formula is C28H13Br4ClN2O6S. The van der Waals surface area contributed by atoms with Gasteiger partial charge in [-0.2, -0.15) is 5.01 Å². The molecule has 0 saturated heterocycles. The summed E-state index contributed by atoms with van der Waals surface area (Å²) in [6.07, 6.45) is 0. The van der Waals surface area contributed by atoms with Crippen LogP contribution < -0.4 is 4.74 Å². The van der Waals surface area contributed by atoms with E-state index in [-0.39, 0.29) is 42.0 Å². The Morgan fingerprint density at radius 3 is 1.95 bits per heavy atom. The van der Waals surface area contributed by atoms with Crippen molar-refractivity contribution in [3.05, 3.63) is 116 Å². The largest absolute Gasteiger partial charge is 0.422 e. The van der Waals surface area contributed by atoms with Gasteiger partial charge in [-0.1, -0.05) is 29.8 Å². The van der Waals surface area contributed by atoms with Crippen molar-refractivity contribution in [2.45, 2.75) is 0 Å². The number of fused-ring (bicyclic) bond motifs is 1. The number of carbonyl (C=O) groups is 5. The standard InChI is InChI=1S/C28H13Br4ClN2O6S/c29-21-19-20(22(30)24(32)23(21)31)27(39)35(26(19)38)34(25(37)15-4-1-2-5-16(15)33)12-17(36)13-7-9-14(10-8-13)41-28(40)18-6-3-11-42-18/h1-11H,12H2. The smallest absolute Gasteiger partial charge is 0.353 e. The van der Waals surface area contributed by atoms with Crippen molar-refractivity contribution in [3.63, 3.8) is 0 Å². The number of carbonyl (C=O) groups excluding carboxylic acids is 5. The summed E-state index contributed by atoms with van der Waals surface area (Å²) in [5, 5.41) is 3.23. The van der Waals surface area contributed by atoms with Crippen molar-refractivity contribution in [2.75, 3.05) is 6.54 Å². The molecule has 0 fully saturated rings. The Hall–Kier alpha value is -2.68. The Labute approximate surface area is 281 Å². The van der Waals surface area contributed by atoms with E-state index in [0.29, 0.717) is 18.8 Å². The summed E-state index contributed by atoms with van der Waals surface area (Å²) in [4.78, 5) is 67.3.